The van der Waals surface area contributed by atoms with Crippen LogP contribution in [0.5, 0.6) is 0 Å². The molecule has 1 atom stereocenters. The molecule has 1 aromatic heterocycles. The maximum Gasteiger partial charge on any atom is 0.147 e. The minimum atomic E-state index is 0.178. The van der Waals surface area contributed by atoms with E-state index in [2.05, 4.69) is 15.3 Å². The number of anilines is 1. The van der Waals surface area contributed by atoms with Gasteiger partial charge in [0.2, 0.25) is 0 Å². The first-order valence-electron chi connectivity index (χ1n) is 4.70. The largest absolute Gasteiger partial charge is 0.380 e. The smallest absolute Gasteiger partial charge is 0.147 e. The number of rotatable bonds is 4. The van der Waals surface area contributed by atoms with Crippen molar-refractivity contribution in [2.24, 2.45) is 0 Å². The molecule has 14 heavy (non-hydrogen) atoms. The lowest BCUT2D eigenvalue weighted by Gasteiger charge is -2.12. The van der Waals surface area contributed by atoms with Gasteiger partial charge >= 0.3 is 0 Å². The molecule has 1 aromatic rings. The van der Waals surface area contributed by atoms with Crippen molar-refractivity contribution < 1.29 is 4.74 Å². The third-order valence-electron chi connectivity index (χ3n) is 2.04. The number of nitrogens with zero attached hydrogens (tertiary/aromatic N) is 2. The number of aryl methyl sites for hydroxylation is 2. The monoisotopic (exact) mass is 195 g/mol. The highest BCUT2D eigenvalue weighted by molar-refractivity contribution is 5.39. The first-order chi connectivity index (χ1) is 6.63. The second-order valence-electron chi connectivity index (χ2n) is 3.37. The molecule has 1 N–H and O–H groups in total. The fourth-order valence-corrected chi connectivity index (χ4v) is 1.03. The molecule has 0 aromatic carbocycles. The quantitative estimate of drug-likeness (QED) is 0.791. The molecule has 0 aliphatic heterocycles. The molecule has 1 heterocycles. The van der Waals surface area contributed by atoms with Gasteiger partial charge in [-0.05, 0) is 20.8 Å². The lowest BCUT2D eigenvalue weighted by molar-refractivity contribution is 0.128. The van der Waals surface area contributed by atoms with E-state index in [1.165, 1.54) is 0 Å². The van der Waals surface area contributed by atoms with Crippen molar-refractivity contribution in [1.29, 1.82) is 0 Å². The molecular weight excluding hydrogens is 178 g/mol. The number of methoxy groups -OCH3 is 1. The fraction of sp³-hybridized carbons (Fsp3) is 0.600. The first-order valence-corrected chi connectivity index (χ1v) is 4.70. The molecule has 4 nitrogen and oxygen atoms in total. The van der Waals surface area contributed by atoms with Gasteiger partial charge in [-0.3, -0.25) is 4.98 Å². The Morgan fingerprint density at radius 3 is 2.86 bits per heavy atom. The van der Waals surface area contributed by atoms with Crippen LogP contribution < -0.4 is 5.32 Å². The van der Waals surface area contributed by atoms with E-state index in [0.29, 0.717) is 0 Å². The molecule has 1 unspecified atom stereocenters. The molecule has 4 heteroatoms. The maximum atomic E-state index is 5.13. The Morgan fingerprint density at radius 2 is 2.21 bits per heavy atom. The van der Waals surface area contributed by atoms with E-state index >= 15 is 0 Å². The number of nitrogens with one attached hydrogen (secondary N) is 1. The van der Waals surface area contributed by atoms with Crippen LogP contribution in [0.2, 0.25) is 0 Å². The van der Waals surface area contributed by atoms with Gasteiger partial charge in [-0.25, -0.2) is 4.98 Å². The van der Waals surface area contributed by atoms with E-state index in [1.54, 1.807) is 13.3 Å². The van der Waals surface area contributed by atoms with Crippen LogP contribution >= 0.6 is 0 Å². The SMILES string of the molecule is COC(C)CNc1nc(C)cnc1C. The molecule has 0 amide bonds. The van der Waals surface area contributed by atoms with E-state index < -0.39 is 0 Å². The van der Waals surface area contributed by atoms with Gasteiger partial charge in [0, 0.05) is 19.9 Å². The average molecular weight is 195 g/mol. The molecule has 1 rings (SSSR count). The van der Waals surface area contributed by atoms with Crippen molar-refractivity contribution >= 4 is 5.82 Å². The van der Waals surface area contributed by atoms with Crippen molar-refractivity contribution in [1.82, 2.24) is 9.97 Å². The summed E-state index contributed by atoms with van der Waals surface area (Å²) in [7, 11) is 1.70. The van der Waals surface area contributed by atoms with Crippen LogP contribution in [0, 0.1) is 13.8 Å². The third kappa shape index (κ3) is 2.96. The Kier molecular flexibility index (Phi) is 3.83. The summed E-state index contributed by atoms with van der Waals surface area (Å²) in [6, 6.07) is 0. The zero-order valence-corrected chi connectivity index (χ0v) is 9.16. The van der Waals surface area contributed by atoms with E-state index in [4.69, 9.17) is 4.74 Å². The van der Waals surface area contributed by atoms with Crippen LogP contribution in [0.15, 0.2) is 6.20 Å². The van der Waals surface area contributed by atoms with Crippen LogP contribution in [0.1, 0.15) is 18.3 Å². The highest BCUT2D eigenvalue weighted by Crippen LogP contribution is 2.08. The third-order valence-corrected chi connectivity index (χ3v) is 2.04. The van der Waals surface area contributed by atoms with E-state index in [9.17, 15) is 0 Å². The highest BCUT2D eigenvalue weighted by atomic mass is 16.5. The van der Waals surface area contributed by atoms with Gasteiger partial charge < -0.3 is 10.1 Å². The fourth-order valence-electron chi connectivity index (χ4n) is 1.03. The number of aromatic nitrogens is 2. The topological polar surface area (TPSA) is 47.0 Å². The number of hydrogen-bond acceptors (Lipinski definition) is 4. The summed E-state index contributed by atoms with van der Waals surface area (Å²) >= 11 is 0. The minimum Gasteiger partial charge on any atom is -0.380 e. The summed E-state index contributed by atoms with van der Waals surface area (Å²) in [5.41, 5.74) is 1.84. The van der Waals surface area contributed by atoms with Crippen LogP contribution in [0.4, 0.5) is 5.82 Å². The second-order valence-corrected chi connectivity index (χ2v) is 3.37. The summed E-state index contributed by atoms with van der Waals surface area (Å²) in [5, 5.41) is 3.21. The van der Waals surface area contributed by atoms with Gasteiger partial charge in [-0.1, -0.05) is 0 Å². The minimum absolute atomic E-state index is 0.178. The van der Waals surface area contributed by atoms with Gasteiger partial charge in [-0.15, -0.1) is 0 Å². The lowest BCUT2D eigenvalue weighted by atomic mass is 10.3. The van der Waals surface area contributed by atoms with Crippen molar-refractivity contribution in [3.63, 3.8) is 0 Å². The van der Waals surface area contributed by atoms with Gasteiger partial charge in [0.05, 0.1) is 17.5 Å². The summed E-state index contributed by atoms with van der Waals surface area (Å²) in [5.74, 6) is 0.842. The molecular formula is C10H17N3O. The van der Waals surface area contributed by atoms with Crippen molar-refractivity contribution in [2.75, 3.05) is 19.0 Å². The van der Waals surface area contributed by atoms with Gasteiger partial charge in [0.1, 0.15) is 5.82 Å². The lowest BCUT2D eigenvalue weighted by Crippen LogP contribution is -2.19. The van der Waals surface area contributed by atoms with Crippen molar-refractivity contribution in [3.8, 4) is 0 Å². The van der Waals surface area contributed by atoms with E-state index in [-0.39, 0.29) is 6.10 Å². The van der Waals surface area contributed by atoms with E-state index in [1.807, 2.05) is 20.8 Å². The Morgan fingerprint density at radius 1 is 1.50 bits per heavy atom. The maximum absolute atomic E-state index is 5.13. The standard InChI is InChI=1S/C10H17N3O/c1-7-5-11-9(3)10(13-7)12-6-8(2)14-4/h5,8H,6H2,1-4H3,(H,12,13). The summed E-state index contributed by atoms with van der Waals surface area (Å²) in [4.78, 5) is 8.57. The first kappa shape index (κ1) is 10.9. The average Bonchev–Trinajstić information content (AvgIpc) is 2.19. The van der Waals surface area contributed by atoms with Crippen LogP contribution in [0.3, 0.4) is 0 Å². The Labute approximate surface area is 84.7 Å². The van der Waals surface area contributed by atoms with Crippen LogP contribution in [0.25, 0.3) is 0 Å². The molecule has 0 fully saturated rings. The molecule has 0 spiro atoms. The molecule has 0 saturated heterocycles. The van der Waals surface area contributed by atoms with Gasteiger partial charge in [0.15, 0.2) is 0 Å². The summed E-state index contributed by atoms with van der Waals surface area (Å²) in [6.07, 6.45) is 1.94. The Hall–Kier alpha value is -1.16. The van der Waals surface area contributed by atoms with Crippen molar-refractivity contribution in [2.45, 2.75) is 26.9 Å². The van der Waals surface area contributed by atoms with E-state index in [0.717, 1.165) is 23.8 Å². The molecule has 0 radical (unpaired) electrons. The number of ether oxygens (including phenoxy) is 1. The van der Waals surface area contributed by atoms with Crippen LogP contribution in [-0.2, 0) is 4.74 Å². The normalized spacial score (nSPS) is 12.6. The Balaban J connectivity index is 2.62. The zero-order chi connectivity index (χ0) is 10.6. The predicted molar refractivity (Wildman–Crippen MR) is 56.5 cm³/mol. The van der Waals surface area contributed by atoms with Crippen molar-refractivity contribution in [3.05, 3.63) is 17.6 Å². The molecule has 0 aliphatic carbocycles. The number of hydrogen-bond donors (Lipinski definition) is 1. The summed E-state index contributed by atoms with van der Waals surface area (Å²) in [6.45, 7) is 6.62. The molecule has 78 valence electrons. The van der Waals surface area contributed by atoms with Gasteiger partial charge in [0.25, 0.3) is 0 Å². The molecule has 0 bridgehead atoms. The predicted octanol–water partition coefficient (Wildman–Crippen LogP) is 1.54. The molecule has 0 aliphatic rings. The summed E-state index contributed by atoms with van der Waals surface area (Å²) < 4.78 is 5.13. The Bertz CT molecular complexity index is 301. The van der Waals surface area contributed by atoms with Crippen LogP contribution in [-0.4, -0.2) is 29.7 Å². The molecule has 0 saturated carbocycles. The van der Waals surface area contributed by atoms with Gasteiger partial charge in [-0.2, -0.15) is 0 Å². The highest BCUT2D eigenvalue weighted by Gasteiger charge is 2.03. The second kappa shape index (κ2) is 4.91. The zero-order valence-electron chi connectivity index (χ0n) is 9.16.